The number of oxazole rings is 1. The minimum Gasteiger partial charge on any atom is -0.436 e. The Bertz CT molecular complexity index is 1090. The second-order valence-electron chi connectivity index (χ2n) is 6.67. The van der Waals surface area contributed by atoms with E-state index in [4.69, 9.17) is 4.42 Å². The van der Waals surface area contributed by atoms with E-state index in [1.54, 1.807) is 18.5 Å². The van der Waals surface area contributed by atoms with Crippen molar-refractivity contribution in [1.29, 1.82) is 0 Å². The highest BCUT2D eigenvalue weighted by Crippen LogP contribution is 2.26. The number of benzene rings is 1. The molecule has 0 fully saturated rings. The Morgan fingerprint density at radius 3 is 2.96 bits per heavy atom. The number of nitrogens with zero attached hydrogens (tertiary/aromatic N) is 3. The van der Waals surface area contributed by atoms with Gasteiger partial charge in [0.1, 0.15) is 5.52 Å². The Morgan fingerprint density at radius 2 is 2.14 bits per heavy atom. The first-order valence-corrected chi connectivity index (χ1v) is 8.97. The van der Waals surface area contributed by atoms with Crippen LogP contribution < -0.4 is 5.32 Å². The van der Waals surface area contributed by atoms with E-state index in [1.807, 2.05) is 67.6 Å². The van der Waals surface area contributed by atoms with Gasteiger partial charge in [-0.3, -0.25) is 9.78 Å². The van der Waals surface area contributed by atoms with Crippen molar-refractivity contribution in [2.45, 2.75) is 6.42 Å². The Balaban J connectivity index is 1.53. The minimum atomic E-state index is -0.149. The molecule has 4 rings (SSSR count). The van der Waals surface area contributed by atoms with Crippen molar-refractivity contribution < 1.29 is 9.21 Å². The first kappa shape index (κ1) is 17.7. The highest BCUT2D eigenvalue weighted by atomic mass is 16.3. The molecule has 0 saturated heterocycles. The number of anilines is 1. The molecule has 0 atom stereocenters. The zero-order valence-electron chi connectivity index (χ0n) is 15.7. The molecular formula is C22H20N4O2. The molecular weight excluding hydrogens is 352 g/mol. The van der Waals surface area contributed by atoms with Gasteiger partial charge in [0, 0.05) is 55.3 Å². The van der Waals surface area contributed by atoms with Gasteiger partial charge in [0.2, 0.25) is 5.89 Å². The first-order chi connectivity index (χ1) is 13.6. The monoisotopic (exact) mass is 372 g/mol. The van der Waals surface area contributed by atoms with Crippen molar-refractivity contribution in [3.05, 3.63) is 78.3 Å². The minimum absolute atomic E-state index is 0.149. The molecule has 28 heavy (non-hydrogen) atoms. The molecule has 1 N–H and O–H groups in total. The van der Waals surface area contributed by atoms with Crippen LogP contribution in [0.25, 0.3) is 22.6 Å². The van der Waals surface area contributed by atoms with Crippen molar-refractivity contribution in [2.24, 2.45) is 0 Å². The molecule has 6 heteroatoms. The van der Waals surface area contributed by atoms with Crippen molar-refractivity contribution in [1.82, 2.24) is 14.9 Å². The quantitative estimate of drug-likeness (QED) is 0.745. The van der Waals surface area contributed by atoms with Gasteiger partial charge in [-0.1, -0.05) is 18.2 Å². The number of hydrogen-bond acceptors (Lipinski definition) is 5. The SMILES string of the molecule is CN(C)C1=CC=CC(C(=O)Nc2cccc(-c3nc4cnccc4o3)c2)=CC1. The molecule has 140 valence electrons. The third kappa shape index (κ3) is 3.71. The number of aromatic nitrogens is 2. The van der Waals surface area contributed by atoms with Gasteiger partial charge in [-0.2, -0.15) is 0 Å². The molecule has 0 saturated carbocycles. The van der Waals surface area contributed by atoms with E-state index in [1.165, 1.54) is 0 Å². The summed E-state index contributed by atoms with van der Waals surface area (Å²) in [6, 6.07) is 9.22. The fourth-order valence-electron chi connectivity index (χ4n) is 2.95. The molecule has 1 aliphatic carbocycles. The van der Waals surface area contributed by atoms with Gasteiger partial charge in [0.05, 0.1) is 6.20 Å². The van der Waals surface area contributed by atoms with Crippen LogP contribution in [0.5, 0.6) is 0 Å². The number of carbonyl (C=O) groups excluding carboxylic acids is 1. The summed E-state index contributed by atoms with van der Waals surface area (Å²) < 4.78 is 5.78. The van der Waals surface area contributed by atoms with Crippen LogP contribution in [-0.2, 0) is 4.79 Å². The van der Waals surface area contributed by atoms with Crippen LogP contribution in [0, 0.1) is 0 Å². The third-order valence-electron chi connectivity index (χ3n) is 4.49. The van der Waals surface area contributed by atoms with Crippen molar-refractivity contribution in [3.63, 3.8) is 0 Å². The first-order valence-electron chi connectivity index (χ1n) is 8.97. The van der Waals surface area contributed by atoms with E-state index in [0.29, 0.717) is 34.7 Å². The molecule has 0 spiro atoms. The van der Waals surface area contributed by atoms with Gasteiger partial charge in [0.15, 0.2) is 5.58 Å². The number of pyridine rings is 1. The predicted molar refractivity (Wildman–Crippen MR) is 109 cm³/mol. The second kappa shape index (κ2) is 7.52. The number of carbonyl (C=O) groups is 1. The Morgan fingerprint density at radius 1 is 1.25 bits per heavy atom. The molecule has 1 aromatic carbocycles. The Kier molecular flexibility index (Phi) is 4.76. The van der Waals surface area contributed by atoms with E-state index in [9.17, 15) is 4.79 Å². The zero-order chi connectivity index (χ0) is 19.5. The topological polar surface area (TPSA) is 71.3 Å². The maximum Gasteiger partial charge on any atom is 0.255 e. The fraction of sp³-hybridized carbons (Fsp3) is 0.136. The molecule has 1 amide bonds. The number of hydrogen-bond donors (Lipinski definition) is 1. The summed E-state index contributed by atoms with van der Waals surface area (Å²) >= 11 is 0. The van der Waals surface area contributed by atoms with Crippen LogP contribution >= 0.6 is 0 Å². The van der Waals surface area contributed by atoms with Crippen LogP contribution in [0.15, 0.2) is 82.7 Å². The number of amides is 1. The van der Waals surface area contributed by atoms with Crippen molar-refractivity contribution >= 4 is 22.7 Å². The zero-order valence-corrected chi connectivity index (χ0v) is 15.7. The summed E-state index contributed by atoms with van der Waals surface area (Å²) in [5.74, 6) is 0.344. The molecule has 0 unspecified atom stereocenters. The van der Waals surface area contributed by atoms with Crippen LogP contribution in [0.2, 0.25) is 0 Å². The average molecular weight is 372 g/mol. The Labute approximate surface area is 162 Å². The Hall–Kier alpha value is -3.67. The predicted octanol–water partition coefficient (Wildman–Crippen LogP) is 4.16. The standard InChI is InChI=1S/C22H20N4O2/c1-26(2)18-8-4-5-15(9-10-18)21(27)24-17-7-3-6-16(13-17)22-25-19-14-23-12-11-20(19)28-22/h3-9,11-14H,10H2,1-2H3,(H,24,27). The highest BCUT2D eigenvalue weighted by molar-refractivity contribution is 6.06. The maximum absolute atomic E-state index is 12.7. The largest absolute Gasteiger partial charge is 0.436 e. The lowest BCUT2D eigenvalue weighted by Crippen LogP contribution is -2.14. The lowest BCUT2D eigenvalue weighted by Gasteiger charge is -2.14. The second-order valence-corrected chi connectivity index (χ2v) is 6.67. The molecule has 0 bridgehead atoms. The number of rotatable bonds is 4. The van der Waals surface area contributed by atoms with Crippen LogP contribution in [0.4, 0.5) is 5.69 Å². The van der Waals surface area contributed by atoms with E-state index in [0.717, 1.165) is 11.3 Å². The molecule has 6 nitrogen and oxygen atoms in total. The average Bonchev–Trinajstić information content (AvgIpc) is 2.97. The summed E-state index contributed by atoms with van der Waals surface area (Å²) in [6.07, 6.45) is 11.7. The third-order valence-corrected chi connectivity index (χ3v) is 4.49. The van der Waals surface area contributed by atoms with Crippen molar-refractivity contribution in [2.75, 3.05) is 19.4 Å². The van der Waals surface area contributed by atoms with Gasteiger partial charge in [0.25, 0.3) is 5.91 Å². The van der Waals surface area contributed by atoms with E-state index < -0.39 is 0 Å². The summed E-state index contributed by atoms with van der Waals surface area (Å²) in [6.45, 7) is 0. The van der Waals surface area contributed by atoms with Crippen molar-refractivity contribution in [3.8, 4) is 11.5 Å². The highest BCUT2D eigenvalue weighted by Gasteiger charge is 2.12. The molecule has 1 aliphatic rings. The molecule has 2 aromatic heterocycles. The number of fused-ring (bicyclic) bond motifs is 1. The maximum atomic E-state index is 12.7. The van der Waals surface area contributed by atoms with E-state index in [2.05, 4.69) is 15.3 Å². The van der Waals surface area contributed by atoms with Gasteiger partial charge < -0.3 is 14.6 Å². The van der Waals surface area contributed by atoms with Gasteiger partial charge in [-0.25, -0.2) is 4.98 Å². The lowest BCUT2D eigenvalue weighted by molar-refractivity contribution is -0.112. The normalized spacial score (nSPS) is 13.6. The van der Waals surface area contributed by atoms with Crippen LogP contribution in [-0.4, -0.2) is 34.9 Å². The van der Waals surface area contributed by atoms with Crippen LogP contribution in [0.1, 0.15) is 6.42 Å². The molecule has 3 aromatic rings. The van der Waals surface area contributed by atoms with Gasteiger partial charge in [-0.05, 0) is 30.4 Å². The lowest BCUT2D eigenvalue weighted by atomic mass is 10.1. The number of allylic oxidation sites excluding steroid dienone is 3. The van der Waals surface area contributed by atoms with E-state index in [-0.39, 0.29) is 5.91 Å². The number of nitrogens with one attached hydrogen (secondary N) is 1. The van der Waals surface area contributed by atoms with Gasteiger partial charge in [-0.15, -0.1) is 0 Å². The smallest absolute Gasteiger partial charge is 0.255 e. The van der Waals surface area contributed by atoms with Crippen LogP contribution in [0.3, 0.4) is 0 Å². The molecule has 2 heterocycles. The fourth-order valence-corrected chi connectivity index (χ4v) is 2.95. The summed E-state index contributed by atoms with van der Waals surface area (Å²) in [5.41, 5.74) is 4.62. The van der Waals surface area contributed by atoms with E-state index >= 15 is 0 Å². The molecule has 0 radical (unpaired) electrons. The summed E-state index contributed by atoms with van der Waals surface area (Å²) in [5, 5.41) is 2.95. The summed E-state index contributed by atoms with van der Waals surface area (Å²) in [4.78, 5) is 23.2. The molecule has 0 aliphatic heterocycles. The summed E-state index contributed by atoms with van der Waals surface area (Å²) in [7, 11) is 3.98. The van der Waals surface area contributed by atoms with Gasteiger partial charge >= 0.3 is 0 Å².